The number of rotatable bonds is 5. The maximum absolute atomic E-state index is 10.8. The first-order chi connectivity index (χ1) is 6.10. The lowest BCUT2D eigenvalue weighted by molar-refractivity contribution is -0.132. The molecular formula is C7H13ClO5. The van der Waals surface area contributed by atoms with Gasteiger partial charge in [-0.2, -0.15) is 0 Å². The summed E-state index contributed by atoms with van der Waals surface area (Å²) in [6, 6.07) is 0. The van der Waals surface area contributed by atoms with Gasteiger partial charge in [-0.3, -0.25) is 0 Å². The van der Waals surface area contributed by atoms with Crippen LogP contribution in [-0.2, 0) is 18.9 Å². The van der Waals surface area contributed by atoms with Gasteiger partial charge in [-0.25, -0.2) is 4.79 Å². The maximum atomic E-state index is 10.8. The SMILES string of the molecule is COCC(OC)OC(=O)OC(C)Cl. The molecule has 6 heteroatoms. The topological polar surface area (TPSA) is 54.0 Å². The molecule has 78 valence electrons. The van der Waals surface area contributed by atoms with Crippen molar-refractivity contribution in [3.63, 3.8) is 0 Å². The number of halogens is 1. The summed E-state index contributed by atoms with van der Waals surface area (Å²) in [6.45, 7) is 1.64. The third kappa shape index (κ3) is 6.62. The average Bonchev–Trinajstić information content (AvgIpc) is 2.02. The van der Waals surface area contributed by atoms with E-state index in [1.165, 1.54) is 21.1 Å². The molecule has 0 amide bonds. The van der Waals surface area contributed by atoms with Crippen LogP contribution in [0.15, 0.2) is 0 Å². The van der Waals surface area contributed by atoms with Gasteiger partial charge in [0.05, 0.1) is 0 Å². The Bertz CT molecular complexity index is 150. The summed E-state index contributed by atoms with van der Waals surface area (Å²) in [5.41, 5.74) is -0.729. The van der Waals surface area contributed by atoms with Gasteiger partial charge in [0.15, 0.2) is 5.56 Å². The van der Waals surface area contributed by atoms with Gasteiger partial charge < -0.3 is 18.9 Å². The summed E-state index contributed by atoms with van der Waals surface area (Å²) in [5, 5.41) is 0. The van der Waals surface area contributed by atoms with E-state index in [0.717, 1.165) is 0 Å². The highest BCUT2D eigenvalue weighted by atomic mass is 35.5. The molecule has 0 saturated carbocycles. The molecule has 0 saturated heterocycles. The third-order valence-corrected chi connectivity index (χ3v) is 1.14. The Morgan fingerprint density at radius 3 is 2.38 bits per heavy atom. The van der Waals surface area contributed by atoms with Crippen LogP contribution in [0.2, 0.25) is 0 Å². The quantitative estimate of drug-likeness (QED) is 0.391. The summed E-state index contributed by atoms with van der Waals surface area (Å²) in [4.78, 5) is 10.8. The zero-order valence-electron chi connectivity index (χ0n) is 7.78. The van der Waals surface area contributed by atoms with E-state index in [2.05, 4.69) is 9.47 Å². The van der Waals surface area contributed by atoms with Crippen LogP contribution < -0.4 is 0 Å². The van der Waals surface area contributed by atoms with Crippen molar-refractivity contribution in [3.8, 4) is 0 Å². The fourth-order valence-electron chi connectivity index (χ4n) is 0.554. The lowest BCUT2D eigenvalue weighted by atomic mass is 10.7. The fourth-order valence-corrected chi connectivity index (χ4v) is 0.627. The Balaban J connectivity index is 3.73. The maximum Gasteiger partial charge on any atom is 0.512 e. The monoisotopic (exact) mass is 212 g/mol. The average molecular weight is 213 g/mol. The molecule has 0 aromatic heterocycles. The minimum atomic E-state index is -0.883. The minimum absolute atomic E-state index is 0.141. The van der Waals surface area contributed by atoms with Crippen LogP contribution in [0.25, 0.3) is 0 Å². The molecule has 0 aromatic rings. The zero-order chi connectivity index (χ0) is 10.3. The second-order valence-electron chi connectivity index (χ2n) is 2.15. The van der Waals surface area contributed by atoms with E-state index < -0.39 is 18.0 Å². The van der Waals surface area contributed by atoms with E-state index in [1.54, 1.807) is 0 Å². The highest BCUT2D eigenvalue weighted by Crippen LogP contribution is 2.02. The first-order valence-electron chi connectivity index (χ1n) is 3.63. The van der Waals surface area contributed by atoms with Crippen molar-refractivity contribution in [2.24, 2.45) is 0 Å². The summed E-state index contributed by atoms with van der Waals surface area (Å²) in [5.74, 6) is 0. The normalized spacial score (nSPS) is 14.8. The Morgan fingerprint density at radius 2 is 2.00 bits per heavy atom. The van der Waals surface area contributed by atoms with Crippen molar-refractivity contribution in [1.82, 2.24) is 0 Å². The Morgan fingerprint density at radius 1 is 1.38 bits per heavy atom. The summed E-state index contributed by atoms with van der Waals surface area (Å²) in [6.07, 6.45) is -1.65. The molecule has 0 heterocycles. The van der Waals surface area contributed by atoms with Crippen LogP contribution in [0.1, 0.15) is 6.92 Å². The molecule has 0 bridgehead atoms. The molecule has 0 N–H and O–H groups in total. The minimum Gasteiger partial charge on any atom is -0.415 e. The molecule has 0 spiro atoms. The third-order valence-electron chi connectivity index (χ3n) is 1.05. The molecule has 0 aliphatic heterocycles. The van der Waals surface area contributed by atoms with Crippen molar-refractivity contribution in [2.75, 3.05) is 20.8 Å². The smallest absolute Gasteiger partial charge is 0.415 e. The van der Waals surface area contributed by atoms with E-state index >= 15 is 0 Å². The molecule has 0 aliphatic rings. The predicted molar refractivity (Wildman–Crippen MR) is 45.6 cm³/mol. The van der Waals surface area contributed by atoms with Crippen molar-refractivity contribution < 1.29 is 23.7 Å². The standard InChI is InChI=1S/C7H13ClO5/c1-5(8)12-7(9)13-6(11-3)4-10-2/h5-6H,4H2,1-3H3. The first kappa shape index (κ1) is 12.5. The highest BCUT2D eigenvalue weighted by Gasteiger charge is 2.15. The van der Waals surface area contributed by atoms with Crippen LogP contribution in [0, 0.1) is 0 Å². The van der Waals surface area contributed by atoms with Crippen LogP contribution in [-0.4, -0.2) is 38.8 Å². The molecule has 0 fully saturated rings. The van der Waals surface area contributed by atoms with E-state index in [0.29, 0.717) is 0 Å². The van der Waals surface area contributed by atoms with E-state index in [-0.39, 0.29) is 6.61 Å². The van der Waals surface area contributed by atoms with Gasteiger partial charge in [-0.05, 0) is 6.92 Å². The number of methoxy groups -OCH3 is 2. The summed E-state index contributed by atoms with van der Waals surface area (Å²) >= 11 is 5.38. The van der Waals surface area contributed by atoms with Crippen molar-refractivity contribution in [1.29, 1.82) is 0 Å². The number of carbonyl (C=O) groups is 1. The Labute approximate surface area is 81.8 Å². The fraction of sp³-hybridized carbons (Fsp3) is 0.857. The van der Waals surface area contributed by atoms with Crippen LogP contribution in [0.3, 0.4) is 0 Å². The highest BCUT2D eigenvalue weighted by molar-refractivity contribution is 6.19. The number of hydrogen-bond donors (Lipinski definition) is 0. The van der Waals surface area contributed by atoms with Crippen molar-refractivity contribution in [3.05, 3.63) is 0 Å². The number of hydrogen-bond acceptors (Lipinski definition) is 5. The van der Waals surface area contributed by atoms with E-state index in [4.69, 9.17) is 21.1 Å². The number of carbonyl (C=O) groups excluding carboxylic acids is 1. The molecule has 5 nitrogen and oxygen atoms in total. The number of alkyl halides is 1. The summed E-state index contributed by atoms with van der Waals surface area (Å²) in [7, 11) is 2.85. The van der Waals surface area contributed by atoms with Gasteiger partial charge in [0.25, 0.3) is 0 Å². The molecular weight excluding hydrogens is 200 g/mol. The van der Waals surface area contributed by atoms with Gasteiger partial charge in [-0.15, -0.1) is 0 Å². The van der Waals surface area contributed by atoms with E-state index in [9.17, 15) is 4.79 Å². The van der Waals surface area contributed by atoms with Gasteiger partial charge in [0, 0.05) is 14.2 Å². The zero-order valence-corrected chi connectivity index (χ0v) is 8.54. The Kier molecular flexibility index (Phi) is 6.66. The lowest BCUT2D eigenvalue weighted by Gasteiger charge is -2.15. The lowest BCUT2D eigenvalue weighted by Crippen LogP contribution is -2.26. The van der Waals surface area contributed by atoms with Gasteiger partial charge >= 0.3 is 6.16 Å². The van der Waals surface area contributed by atoms with Gasteiger partial charge in [0.1, 0.15) is 6.61 Å². The molecule has 13 heavy (non-hydrogen) atoms. The van der Waals surface area contributed by atoms with Gasteiger partial charge in [-0.1, -0.05) is 11.6 Å². The van der Waals surface area contributed by atoms with E-state index in [1.807, 2.05) is 0 Å². The van der Waals surface area contributed by atoms with Crippen molar-refractivity contribution in [2.45, 2.75) is 18.8 Å². The van der Waals surface area contributed by atoms with Crippen molar-refractivity contribution >= 4 is 17.8 Å². The molecule has 2 unspecified atom stereocenters. The second kappa shape index (κ2) is 6.94. The first-order valence-corrected chi connectivity index (χ1v) is 4.06. The van der Waals surface area contributed by atoms with Crippen LogP contribution in [0.5, 0.6) is 0 Å². The van der Waals surface area contributed by atoms with Gasteiger partial charge in [0.2, 0.25) is 6.29 Å². The van der Waals surface area contributed by atoms with Crippen LogP contribution in [0.4, 0.5) is 4.79 Å². The summed E-state index contributed by atoms with van der Waals surface area (Å²) < 4.78 is 18.6. The molecule has 0 rings (SSSR count). The number of ether oxygens (including phenoxy) is 4. The largest absolute Gasteiger partial charge is 0.512 e. The molecule has 0 aromatic carbocycles. The Hall–Kier alpha value is -0.520. The molecule has 0 radical (unpaired) electrons. The second-order valence-corrected chi connectivity index (χ2v) is 2.76. The molecule has 2 atom stereocenters. The predicted octanol–water partition coefficient (Wildman–Crippen LogP) is 1.34. The van der Waals surface area contributed by atoms with Crippen LogP contribution >= 0.6 is 11.6 Å². The molecule has 0 aliphatic carbocycles.